The second-order valence-electron chi connectivity index (χ2n) is 2.76. The lowest BCUT2D eigenvalue weighted by Gasteiger charge is -1.94. The molecule has 0 spiro atoms. The number of benzene rings is 1. The third kappa shape index (κ3) is 1.73. The summed E-state index contributed by atoms with van der Waals surface area (Å²) in [6.45, 7) is 1.81. The number of aromatic nitrogens is 1. The van der Waals surface area contributed by atoms with Crippen molar-refractivity contribution in [2.24, 2.45) is 0 Å². The molecule has 3 heteroatoms. The molecule has 0 bridgehead atoms. The van der Waals surface area contributed by atoms with Gasteiger partial charge in [-0.25, -0.2) is 4.98 Å². The van der Waals surface area contributed by atoms with Gasteiger partial charge in [0.2, 0.25) is 0 Å². The quantitative estimate of drug-likeness (QED) is 0.695. The van der Waals surface area contributed by atoms with Crippen molar-refractivity contribution in [3.8, 4) is 11.3 Å². The molecule has 0 atom stereocenters. The Bertz CT molecular complexity index is 422. The molecular weight excluding hydrogens is 186 g/mol. The Hall–Kier alpha value is -1.28. The van der Waals surface area contributed by atoms with Gasteiger partial charge in [0.15, 0.2) is 5.89 Å². The summed E-state index contributed by atoms with van der Waals surface area (Å²) in [5.74, 6) is 0.662. The highest BCUT2D eigenvalue weighted by Gasteiger charge is 2.02. The van der Waals surface area contributed by atoms with Crippen molar-refractivity contribution in [3.05, 3.63) is 41.4 Å². The van der Waals surface area contributed by atoms with Crippen molar-refractivity contribution in [2.45, 2.75) is 6.92 Å². The van der Waals surface area contributed by atoms with Gasteiger partial charge in [0, 0.05) is 17.5 Å². The predicted octanol–water partition coefficient (Wildman–Crippen LogP) is 3.30. The van der Waals surface area contributed by atoms with E-state index in [0.717, 1.165) is 11.3 Å². The molecule has 0 fully saturated rings. The molecule has 13 heavy (non-hydrogen) atoms. The zero-order valence-electron chi connectivity index (χ0n) is 7.12. The lowest BCUT2D eigenvalue weighted by Crippen LogP contribution is -1.77. The maximum atomic E-state index is 5.84. The molecule has 1 aromatic heterocycles. The Labute approximate surface area is 81.2 Å². The molecular formula is C10H8ClNO. The first-order valence-electron chi connectivity index (χ1n) is 3.94. The summed E-state index contributed by atoms with van der Waals surface area (Å²) in [4.78, 5) is 4.20. The minimum atomic E-state index is 0.662. The molecule has 0 radical (unpaired) electrons. The second kappa shape index (κ2) is 3.23. The Balaban J connectivity index is 2.46. The summed E-state index contributed by atoms with van der Waals surface area (Å²) in [5.41, 5.74) is 1.80. The van der Waals surface area contributed by atoms with Crippen molar-refractivity contribution in [2.75, 3.05) is 0 Å². The standard InChI is InChI=1S/C10H8ClNO/c1-7-12-10(6-13-7)8-3-2-4-9(11)5-8/h2-6H,1H3. The molecule has 0 amide bonds. The van der Waals surface area contributed by atoms with E-state index >= 15 is 0 Å². The van der Waals surface area contributed by atoms with Gasteiger partial charge in [-0.05, 0) is 12.1 Å². The van der Waals surface area contributed by atoms with Gasteiger partial charge in [-0.2, -0.15) is 0 Å². The first kappa shape index (κ1) is 8.32. The molecule has 66 valence electrons. The number of nitrogens with zero attached hydrogens (tertiary/aromatic N) is 1. The van der Waals surface area contributed by atoms with Gasteiger partial charge in [-0.15, -0.1) is 0 Å². The SMILES string of the molecule is Cc1nc(-c2cccc(Cl)c2)co1. The van der Waals surface area contributed by atoms with E-state index in [0.29, 0.717) is 10.9 Å². The molecule has 1 aromatic carbocycles. The number of aryl methyl sites for hydroxylation is 1. The fourth-order valence-electron chi connectivity index (χ4n) is 1.14. The first-order valence-corrected chi connectivity index (χ1v) is 4.31. The molecule has 2 rings (SSSR count). The zero-order valence-corrected chi connectivity index (χ0v) is 7.88. The van der Waals surface area contributed by atoms with Crippen molar-refractivity contribution in [3.63, 3.8) is 0 Å². The molecule has 2 nitrogen and oxygen atoms in total. The van der Waals surface area contributed by atoms with Gasteiger partial charge in [-0.3, -0.25) is 0 Å². The van der Waals surface area contributed by atoms with Crippen LogP contribution in [-0.4, -0.2) is 4.98 Å². The van der Waals surface area contributed by atoms with Crippen molar-refractivity contribution >= 4 is 11.6 Å². The monoisotopic (exact) mass is 193 g/mol. The van der Waals surface area contributed by atoms with Crippen LogP contribution in [0.25, 0.3) is 11.3 Å². The number of oxazole rings is 1. The van der Waals surface area contributed by atoms with Crippen LogP contribution in [0.15, 0.2) is 34.9 Å². The third-order valence-electron chi connectivity index (χ3n) is 1.74. The summed E-state index contributed by atoms with van der Waals surface area (Å²) in [7, 11) is 0. The zero-order chi connectivity index (χ0) is 9.26. The second-order valence-corrected chi connectivity index (χ2v) is 3.20. The van der Waals surface area contributed by atoms with E-state index in [4.69, 9.17) is 16.0 Å². The lowest BCUT2D eigenvalue weighted by atomic mass is 10.2. The molecule has 0 aliphatic carbocycles. The number of hydrogen-bond donors (Lipinski definition) is 0. The summed E-state index contributed by atoms with van der Waals surface area (Å²) in [6.07, 6.45) is 1.63. The molecule has 0 N–H and O–H groups in total. The van der Waals surface area contributed by atoms with Gasteiger partial charge in [0.05, 0.1) is 0 Å². The molecule has 0 aliphatic heterocycles. The highest BCUT2D eigenvalue weighted by molar-refractivity contribution is 6.30. The van der Waals surface area contributed by atoms with Crippen molar-refractivity contribution < 1.29 is 4.42 Å². The van der Waals surface area contributed by atoms with Gasteiger partial charge in [-0.1, -0.05) is 23.7 Å². The molecule has 1 heterocycles. The number of hydrogen-bond acceptors (Lipinski definition) is 2. The molecule has 0 unspecified atom stereocenters. The number of halogens is 1. The maximum absolute atomic E-state index is 5.84. The Morgan fingerprint density at radius 2 is 2.23 bits per heavy atom. The molecule has 0 aliphatic rings. The van der Waals surface area contributed by atoms with Crippen LogP contribution in [-0.2, 0) is 0 Å². The van der Waals surface area contributed by atoms with Gasteiger partial charge in [0.1, 0.15) is 12.0 Å². The van der Waals surface area contributed by atoms with E-state index in [1.54, 1.807) is 6.26 Å². The third-order valence-corrected chi connectivity index (χ3v) is 1.97. The molecule has 0 saturated carbocycles. The lowest BCUT2D eigenvalue weighted by molar-refractivity contribution is 0.521. The minimum absolute atomic E-state index is 0.662. The number of rotatable bonds is 1. The summed E-state index contributed by atoms with van der Waals surface area (Å²) in [6, 6.07) is 7.53. The summed E-state index contributed by atoms with van der Waals surface area (Å²) in [5, 5.41) is 0.707. The minimum Gasteiger partial charge on any atom is -0.449 e. The Morgan fingerprint density at radius 1 is 1.38 bits per heavy atom. The van der Waals surface area contributed by atoms with E-state index < -0.39 is 0 Å². The predicted molar refractivity (Wildman–Crippen MR) is 51.7 cm³/mol. The van der Waals surface area contributed by atoms with Crippen LogP contribution in [0.5, 0.6) is 0 Å². The van der Waals surface area contributed by atoms with Crippen LogP contribution in [0.3, 0.4) is 0 Å². The summed E-state index contributed by atoms with van der Waals surface area (Å²) < 4.78 is 5.10. The van der Waals surface area contributed by atoms with E-state index in [2.05, 4.69) is 4.98 Å². The maximum Gasteiger partial charge on any atom is 0.191 e. The van der Waals surface area contributed by atoms with E-state index in [-0.39, 0.29) is 0 Å². The van der Waals surface area contributed by atoms with Crippen LogP contribution in [0.4, 0.5) is 0 Å². The van der Waals surface area contributed by atoms with Crippen LogP contribution in [0.2, 0.25) is 5.02 Å². The fourth-order valence-corrected chi connectivity index (χ4v) is 1.33. The van der Waals surface area contributed by atoms with E-state index in [1.165, 1.54) is 0 Å². The van der Waals surface area contributed by atoms with Gasteiger partial charge >= 0.3 is 0 Å². The highest BCUT2D eigenvalue weighted by atomic mass is 35.5. The van der Waals surface area contributed by atoms with Crippen LogP contribution >= 0.6 is 11.6 Å². The van der Waals surface area contributed by atoms with Crippen molar-refractivity contribution in [1.29, 1.82) is 0 Å². The normalized spacial score (nSPS) is 10.3. The Kier molecular flexibility index (Phi) is 2.07. The average molecular weight is 194 g/mol. The topological polar surface area (TPSA) is 26.0 Å². The van der Waals surface area contributed by atoms with Crippen LogP contribution in [0, 0.1) is 6.92 Å². The van der Waals surface area contributed by atoms with Crippen LogP contribution in [0.1, 0.15) is 5.89 Å². The first-order chi connectivity index (χ1) is 6.25. The highest BCUT2D eigenvalue weighted by Crippen LogP contribution is 2.21. The fraction of sp³-hybridized carbons (Fsp3) is 0.100. The largest absolute Gasteiger partial charge is 0.449 e. The molecule has 2 aromatic rings. The smallest absolute Gasteiger partial charge is 0.191 e. The average Bonchev–Trinajstić information content (AvgIpc) is 2.52. The van der Waals surface area contributed by atoms with Gasteiger partial charge in [0.25, 0.3) is 0 Å². The molecule has 0 saturated heterocycles. The van der Waals surface area contributed by atoms with E-state index in [9.17, 15) is 0 Å². The van der Waals surface area contributed by atoms with Gasteiger partial charge < -0.3 is 4.42 Å². The Morgan fingerprint density at radius 3 is 2.85 bits per heavy atom. The van der Waals surface area contributed by atoms with Crippen LogP contribution < -0.4 is 0 Å². The summed E-state index contributed by atoms with van der Waals surface area (Å²) >= 11 is 5.84. The van der Waals surface area contributed by atoms with E-state index in [1.807, 2.05) is 31.2 Å². The van der Waals surface area contributed by atoms with Crippen molar-refractivity contribution in [1.82, 2.24) is 4.98 Å².